The van der Waals surface area contributed by atoms with Gasteiger partial charge in [0.2, 0.25) is 5.91 Å². The van der Waals surface area contributed by atoms with Crippen molar-refractivity contribution in [1.82, 2.24) is 9.80 Å². The Morgan fingerprint density at radius 1 is 1.20 bits per heavy atom. The average molecular weight is 348 g/mol. The Kier molecular flexibility index (Phi) is 4.63. The standard InChI is InChI=1S/C17H17FN2O5/c1-2-25-9-8-19-13(21)7-6-12(16(19)23)20-15(22)10-4-3-5-11(18)14(10)17(20)24/h3-5,12H,2,6-9H2,1H3. The van der Waals surface area contributed by atoms with Gasteiger partial charge in [-0.05, 0) is 25.5 Å². The molecular formula is C17H17FN2O5. The average Bonchev–Trinajstić information content (AvgIpc) is 2.84. The fraction of sp³-hybridized carbons (Fsp3) is 0.412. The molecule has 8 heteroatoms. The third kappa shape index (κ3) is 2.82. The van der Waals surface area contributed by atoms with E-state index in [1.807, 2.05) is 0 Å². The van der Waals surface area contributed by atoms with Crippen molar-refractivity contribution in [3.63, 3.8) is 0 Å². The number of hydrogen-bond donors (Lipinski definition) is 0. The number of benzene rings is 1. The maximum atomic E-state index is 13.9. The zero-order chi connectivity index (χ0) is 18.1. The third-order valence-corrected chi connectivity index (χ3v) is 4.35. The molecule has 0 aliphatic carbocycles. The summed E-state index contributed by atoms with van der Waals surface area (Å²) in [4.78, 5) is 51.4. The maximum absolute atomic E-state index is 13.9. The second-order valence-corrected chi connectivity index (χ2v) is 5.78. The number of piperidine rings is 1. The lowest BCUT2D eigenvalue weighted by atomic mass is 10.0. The molecule has 1 atom stereocenters. The van der Waals surface area contributed by atoms with Crippen LogP contribution in [-0.2, 0) is 14.3 Å². The highest BCUT2D eigenvalue weighted by molar-refractivity contribution is 6.23. The Morgan fingerprint density at radius 2 is 1.96 bits per heavy atom. The van der Waals surface area contributed by atoms with Crippen molar-refractivity contribution in [3.05, 3.63) is 35.1 Å². The van der Waals surface area contributed by atoms with E-state index in [1.54, 1.807) is 6.92 Å². The molecule has 1 aromatic rings. The quantitative estimate of drug-likeness (QED) is 0.585. The van der Waals surface area contributed by atoms with Gasteiger partial charge in [-0.1, -0.05) is 6.07 Å². The van der Waals surface area contributed by atoms with Gasteiger partial charge in [-0.15, -0.1) is 0 Å². The van der Waals surface area contributed by atoms with E-state index in [1.165, 1.54) is 12.1 Å². The lowest BCUT2D eigenvalue weighted by Crippen LogP contribution is -2.56. The number of fused-ring (bicyclic) bond motifs is 1. The van der Waals surface area contributed by atoms with Crippen LogP contribution in [0.5, 0.6) is 0 Å². The lowest BCUT2D eigenvalue weighted by Gasteiger charge is -2.34. The molecule has 2 aliphatic heterocycles. The number of likely N-dealkylation sites (tertiary alicyclic amines) is 1. The van der Waals surface area contributed by atoms with E-state index >= 15 is 0 Å². The fourth-order valence-corrected chi connectivity index (χ4v) is 3.14. The highest BCUT2D eigenvalue weighted by atomic mass is 19.1. The van der Waals surface area contributed by atoms with E-state index in [9.17, 15) is 23.6 Å². The number of carbonyl (C=O) groups excluding carboxylic acids is 4. The monoisotopic (exact) mass is 348 g/mol. The van der Waals surface area contributed by atoms with Crippen LogP contribution in [0.3, 0.4) is 0 Å². The summed E-state index contributed by atoms with van der Waals surface area (Å²) in [6.07, 6.45) is 0.0638. The molecule has 1 saturated heterocycles. The van der Waals surface area contributed by atoms with E-state index in [2.05, 4.69) is 0 Å². The first-order chi connectivity index (χ1) is 12.0. The molecule has 0 aromatic heterocycles. The normalized spacial score (nSPS) is 20.5. The molecule has 0 radical (unpaired) electrons. The Labute approximate surface area is 143 Å². The van der Waals surface area contributed by atoms with Crippen LogP contribution in [0.15, 0.2) is 18.2 Å². The largest absolute Gasteiger partial charge is 0.380 e. The number of rotatable bonds is 5. The molecular weight excluding hydrogens is 331 g/mol. The van der Waals surface area contributed by atoms with Crippen LogP contribution in [0.1, 0.15) is 40.5 Å². The van der Waals surface area contributed by atoms with Crippen LogP contribution < -0.4 is 0 Å². The van der Waals surface area contributed by atoms with Gasteiger partial charge in [-0.25, -0.2) is 4.39 Å². The SMILES string of the molecule is CCOCCN1C(=O)CCC(N2C(=O)c3cccc(F)c3C2=O)C1=O. The van der Waals surface area contributed by atoms with Gasteiger partial charge in [0, 0.05) is 13.0 Å². The fourth-order valence-electron chi connectivity index (χ4n) is 3.14. The lowest BCUT2D eigenvalue weighted by molar-refractivity contribution is -0.152. The molecule has 1 aromatic carbocycles. The van der Waals surface area contributed by atoms with E-state index in [0.29, 0.717) is 6.61 Å². The Hall–Kier alpha value is -2.61. The zero-order valence-electron chi connectivity index (χ0n) is 13.7. The molecule has 3 rings (SSSR count). The highest BCUT2D eigenvalue weighted by Gasteiger charge is 2.47. The van der Waals surface area contributed by atoms with Crippen molar-refractivity contribution >= 4 is 23.6 Å². The first-order valence-electron chi connectivity index (χ1n) is 8.05. The minimum absolute atomic E-state index is 0.0262. The summed E-state index contributed by atoms with van der Waals surface area (Å²) < 4.78 is 19.1. The molecule has 2 aliphatic rings. The van der Waals surface area contributed by atoms with Crippen molar-refractivity contribution in [2.75, 3.05) is 19.8 Å². The molecule has 25 heavy (non-hydrogen) atoms. The molecule has 0 N–H and O–H groups in total. The van der Waals surface area contributed by atoms with Crippen LogP contribution in [0.4, 0.5) is 4.39 Å². The van der Waals surface area contributed by atoms with Crippen LogP contribution in [0, 0.1) is 5.82 Å². The van der Waals surface area contributed by atoms with Gasteiger partial charge in [-0.2, -0.15) is 0 Å². The number of ether oxygens (including phenoxy) is 1. The molecule has 0 bridgehead atoms. The highest BCUT2D eigenvalue weighted by Crippen LogP contribution is 2.30. The second-order valence-electron chi connectivity index (χ2n) is 5.78. The Bertz CT molecular complexity index is 763. The van der Waals surface area contributed by atoms with Crippen molar-refractivity contribution in [2.45, 2.75) is 25.8 Å². The predicted molar refractivity (Wildman–Crippen MR) is 83.1 cm³/mol. The van der Waals surface area contributed by atoms with Gasteiger partial charge in [0.1, 0.15) is 11.9 Å². The van der Waals surface area contributed by atoms with Gasteiger partial charge < -0.3 is 4.74 Å². The first kappa shape index (κ1) is 17.2. The molecule has 132 valence electrons. The third-order valence-electron chi connectivity index (χ3n) is 4.35. The number of carbonyl (C=O) groups is 4. The Morgan fingerprint density at radius 3 is 2.64 bits per heavy atom. The number of imide groups is 2. The zero-order valence-corrected chi connectivity index (χ0v) is 13.7. The van der Waals surface area contributed by atoms with Crippen LogP contribution >= 0.6 is 0 Å². The second kappa shape index (κ2) is 6.72. The van der Waals surface area contributed by atoms with Crippen LogP contribution in [0.2, 0.25) is 0 Å². The molecule has 7 nitrogen and oxygen atoms in total. The van der Waals surface area contributed by atoms with Crippen LogP contribution in [-0.4, -0.2) is 59.2 Å². The van der Waals surface area contributed by atoms with Gasteiger partial charge in [0.15, 0.2) is 0 Å². The first-order valence-corrected chi connectivity index (χ1v) is 8.05. The summed E-state index contributed by atoms with van der Waals surface area (Å²) in [5, 5.41) is 0. The van der Waals surface area contributed by atoms with E-state index in [-0.39, 0.29) is 43.0 Å². The van der Waals surface area contributed by atoms with E-state index in [0.717, 1.165) is 15.9 Å². The molecule has 1 unspecified atom stereocenters. The number of nitrogens with zero attached hydrogens (tertiary/aromatic N) is 2. The van der Waals surface area contributed by atoms with Gasteiger partial charge in [0.25, 0.3) is 17.7 Å². The van der Waals surface area contributed by atoms with Crippen molar-refractivity contribution in [3.8, 4) is 0 Å². The Balaban J connectivity index is 1.86. The number of amides is 4. The predicted octanol–water partition coefficient (Wildman–Crippen LogP) is 0.976. The molecule has 4 amide bonds. The molecule has 2 heterocycles. The molecule has 0 saturated carbocycles. The smallest absolute Gasteiger partial charge is 0.265 e. The molecule has 0 spiro atoms. The topological polar surface area (TPSA) is 84.0 Å². The van der Waals surface area contributed by atoms with Crippen LogP contribution in [0.25, 0.3) is 0 Å². The summed E-state index contributed by atoms with van der Waals surface area (Å²) in [6, 6.07) is 2.67. The van der Waals surface area contributed by atoms with Gasteiger partial charge in [0.05, 0.1) is 24.3 Å². The molecule has 1 fully saturated rings. The number of hydrogen-bond acceptors (Lipinski definition) is 5. The summed E-state index contributed by atoms with van der Waals surface area (Å²) in [5.74, 6) is -3.35. The summed E-state index contributed by atoms with van der Waals surface area (Å²) >= 11 is 0. The minimum Gasteiger partial charge on any atom is -0.380 e. The van der Waals surface area contributed by atoms with Crippen molar-refractivity contribution < 1.29 is 28.3 Å². The summed E-state index contributed by atoms with van der Waals surface area (Å²) in [7, 11) is 0. The van der Waals surface area contributed by atoms with Crippen molar-refractivity contribution in [1.29, 1.82) is 0 Å². The van der Waals surface area contributed by atoms with Crippen molar-refractivity contribution in [2.24, 2.45) is 0 Å². The van der Waals surface area contributed by atoms with E-state index in [4.69, 9.17) is 4.74 Å². The summed E-state index contributed by atoms with van der Waals surface area (Å²) in [5.41, 5.74) is -0.381. The number of halogens is 1. The van der Waals surface area contributed by atoms with E-state index < -0.39 is 29.6 Å². The van der Waals surface area contributed by atoms with Gasteiger partial charge >= 0.3 is 0 Å². The summed E-state index contributed by atoms with van der Waals surface area (Å²) in [6.45, 7) is 2.46. The van der Waals surface area contributed by atoms with Gasteiger partial charge in [-0.3, -0.25) is 29.0 Å². The minimum atomic E-state index is -1.11. The maximum Gasteiger partial charge on any atom is 0.265 e.